The Kier molecular flexibility index (Phi) is 8.36. The second-order valence-electron chi connectivity index (χ2n) is 6.27. The van der Waals surface area contributed by atoms with Crippen molar-refractivity contribution < 1.29 is 9.53 Å². The Balaban J connectivity index is 1.68. The molecule has 2 aromatic heterocycles. The topological polar surface area (TPSA) is 81.9 Å². The first kappa shape index (κ1) is 23.6. The van der Waals surface area contributed by atoms with E-state index in [1.807, 2.05) is 11.5 Å². The Morgan fingerprint density at radius 2 is 2.16 bits per heavy atom. The fourth-order valence-electron chi connectivity index (χ4n) is 2.58. The van der Waals surface area contributed by atoms with E-state index in [9.17, 15) is 4.79 Å². The number of nitrogens with zero attached hydrogens (tertiary/aromatic N) is 4. The fraction of sp³-hybridized carbons (Fsp3) is 0.200. The number of anilines is 1. The molecule has 0 aliphatic rings. The molecule has 1 N–H and O–H groups in total. The molecule has 31 heavy (non-hydrogen) atoms. The molecule has 0 radical (unpaired) electrons. The largest absolute Gasteiger partial charge is 0.481 e. The van der Waals surface area contributed by atoms with Crippen LogP contribution in [0.4, 0.5) is 5.82 Å². The number of benzene rings is 1. The first-order valence-electron chi connectivity index (χ1n) is 9.07. The maximum atomic E-state index is 12.3. The predicted octanol–water partition coefficient (Wildman–Crippen LogP) is 5.80. The second kappa shape index (κ2) is 11.0. The molecule has 7 nitrogen and oxygen atoms in total. The molecule has 0 aliphatic heterocycles. The highest BCUT2D eigenvalue weighted by Gasteiger charge is 2.20. The van der Waals surface area contributed by atoms with Crippen LogP contribution in [-0.2, 0) is 11.3 Å². The van der Waals surface area contributed by atoms with Gasteiger partial charge in [-0.3, -0.25) is 9.36 Å². The van der Waals surface area contributed by atoms with Gasteiger partial charge in [-0.2, -0.15) is 0 Å². The lowest BCUT2D eigenvalue weighted by atomic mass is 10.3. The van der Waals surface area contributed by atoms with Gasteiger partial charge < -0.3 is 10.1 Å². The standard InChI is InChI=1S/C20H18BrCl2N5O2S/c1-3-8-28-19(12(2)30-16-6-5-14(22)9-15(16)23)26-27-20(28)31-11-18(29)25-17-7-4-13(21)10-24-17/h3-7,9-10,12H,1,8,11H2,2H3,(H,24,25,29). The number of halogens is 3. The molecular formula is C20H18BrCl2N5O2S. The van der Waals surface area contributed by atoms with E-state index >= 15 is 0 Å². The lowest BCUT2D eigenvalue weighted by Crippen LogP contribution is -2.16. The van der Waals surface area contributed by atoms with Gasteiger partial charge in [-0.1, -0.05) is 41.0 Å². The molecule has 1 atom stereocenters. The van der Waals surface area contributed by atoms with Crippen molar-refractivity contribution in [3.05, 3.63) is 69.5 Å². The molecule has 1 amide bonds. The maximum absolute atomic E-state index is 12.3. The average molecular weight is 543 g/mol. The lowest BCUT2D eigenvalue weighted by molar-refractivity contribution is -0.113. The van der Waals surface area contributed by atoms with Gasteiger partial charge in [0.1, 0.15) is 11.6 Å². The SMILES string of the molecule is C=CCn1c(SCC(=O)Nc2ccc(Br)cn2)nnc1C(C)Oc1ccc(Cl)cc1Cl. The highest BCUT2D eigenvalue weighted by atomic mass is 79.9. The molecule has 11 heteroatoms. The third-order valence-corrected chi connectivity index (χ3v) is 5.91. The molecule has 2 heterocycles. The van der Waals surface area contributed by atoms with Crippen molar-refractivity contribution in [1.29, 1.82) is 0 Å². The predicted molar refractivity (Wildman–Crippen MR) is 127 cm³/mol. The van der Waals surface area contributed by atoms with Crippen LogP contribution in [0.5, 0.6) is 5.75 Å². The Bertz CT molecular complexity index is 1080. The van der Waals surface area contributed by atoms with Crippen molar-refractivity contribution in [2.24, 2.45) is 0 Å². The molecule has 1 aromatic carbocycles. The number of amides is 1. The summed E-state index contributed by atoms with van der Waals surface area (Å²) in [4.78, 5) is 16.4. The number of aromatic nitrogens is 4. The Morgan fingerprint density at radius 1 is 1.35 bits per heavy atom. The third kappa shape index (κ3) is 6.46. The monoisotopic (exact) mass is 541 g/mol. The molecule has 0 bridgehead atoms. The normalized spacial score (nSPS) is 11.7. The van der Waals surface area contributed by atoms with Gasteiger partial charge >= 0.3 is 0 Å². The highest BCUT2D eigenvalue weighted by molar-refractivity contribution is 9.10. The van der Waals surface area contributed by atoms with Crippen molar-refractivity contribution in [1.82, 2.24) is 19.7 Å². The quantitative estimate of drug-likeness (QED) is 0.272. The molecule has 0 saturated carbocycles. The zero-order valence-electron chi connectivity index (χ0n) is 16.4. The zero-order valence-corrected chi connectivity index (χ0v) is 20.3. The van der Waals surface area contributed by atoms with E-state index in [-0.39, 0.29) is 11.7 Å². The summed E-state index contributed by atoms with van der Waals surface area (Å²) in [5.41, 5.74) is 0. The fourth-order valence-corrected chi connectivity index (χ4v) is 4.02. The van der Waals surface area contributed by atoms with Crippen LogP contribution in [0.25, 0.3) is 0 Å². The average Bonchev–Trinajstić information content (AvgIpc) is 3.13. The number of nitrogens with one attached hydrogen (secondary N) is 1. The smallest absolute Gasteiger partial charge is 0.236 e. The molecular weight excluding hydrogens is 525 g/mol. The number of ether oxygens (including phenoxy) is 1. The number of carbonyl (C=O) groups excluding carboxylic acids is 1. The van der Waals surface area contributed by atoms with Crippen molar-refractivity contribution in [2.45, 2.75) is 24.7 Å². The summed E-state index contributed by atoms with van der Waals surface area (Å²) in [6, 6.07) is 8.53. The summed E-state index contributed by atoms with van der Waals surface area (Å²) < 4.78 is 8.63. The Hall–Kier alpha value is -2.07. The maximum Gasteiger partial charge on any atom is 0.236 e. The summed E-state index contributed by atoms with van der Waals surface area (Å²) in [5.74, 6) is 1.49. The molecule has 3 rings (SSSR count). The number of pyridine rings is 1. The first-order chi connectivity index (χ1) is 14.9. The summed E-state index contributed by atoms with van der Waals surface area (Å²) in [7, 11) is 0. The molecule has 0 aliphatic carbocycles. The van der Waals surface area contributed by atoms with E-state index in [1.165, 1.54) is 11.8 Å². The number of rotatable bonds is 9. The van der Waals surface area contributed by atoms with E-state index in [4.69, 9.17) is 27.9 Å². The van der Waals surface area contributed by atoms with Crippen LogP contribution in [0.15, 0.2) is 58.8 Å². The van der Waals surface area contributed by atoms with E-state index in [0.29, 0.717) is 39.1 Å². The molecule has 3 aromatic rings. The van der Waals surface area contributed by atoms with Crippen molar-refractivity contribution in [3.63, 3.8) is 0 Å². The number of hydrogen-bond donors (Lipinski definition) is 1. The minimum atomic E-state index is -0.443. The van der Waals surface area contributed by atoms with Crippen molar-refractivity contribution in [3.8, 4) is 5.75 Å². The van der Waals surface area contributed by atoms with E-state index < -0.39 is 6.10 Å². The second-order valence-corrected chi connectivity index (χ2v) is 8.98. The van der Waals surface area contributed by atoms with Crippen molar-refractivity contribution >= 4 is 62.6 Å². The van der Waals surface area contributed by atoms with Crippen LogP contribution in [0, 0.1) is 0 Å². The number of allylic oxidation sites excluding steroid dienone is 1. The highest BCUT2D eigenvalue weighted by Crippen LogP contribution is 2.31. The van der Waals surface area contributed by atoms with Gasteiger partial charge in [0.05, 0.1) is 10.8 Å². The van der Waals surface area contributed by atoms with E-state index in [2.05, 4.69) is 43.0 Å². The van der Waals surface area contributed by atoms with Crippen LogP contribution in [-0.4, -0.2) is 31.4 Å². The van der Waals surface area contributed by atoms with Gasteiger partial charge in [-0.15, -0.1) is 16.8 Å². The molecule has 0 saturated heterocycles. The summed E-state index contributed by atoms with van der Waals surface area (Å²) >= 11 is 16.7. The summed E-state index contributed by atoms with van der Waals surface area (Å²) in [6.07, 6.45) is 2.90. The minimum Gasteiger partial charge on any atom is -0.481 e. The van der Waals surface area contributed by atoms with Gasteiger partial charge in [0.15, 0.2) is 17.1 Å². The van der Waals surface area contributed by atoms with Gasteiger partial charge in [-0.25, -0.2) is 4.98 Å². The zero-order chi connectivity index (χ0) is 22.4. The number of hydrogen-bond acceptors (Lipinski definition) is 6. The van der Waals surface area contributed by atoms with Crippen LogP contribution < -0.4 is 10.1 Å². The van der Waals surface area contributed by atoms with Crippen LogP contribution >= 0.6 is 50.9 Å². The minimum absolute atomic E-state index is 0.144. The first-order valence-corrected chi connectivity index (χ1v) is 11.6. The molecule has 0 spiro atoms. The number of carbonyl (C=O) groups is 1. The third-order valence-electron chi connectivity index (χ3n) is 3.95. The number of thioether (sulfide) groups is 1. The van der Waals surface area contributed by atoms with Gasteiger partial charge in [0, 0.05) is 22.2 Å². The molecule has 162 valence electrons. The Labute approximate surface area is 202 Å². The molecule has 0 fully saturated rings. The lowest BCUT2D eigenvalue weighted by Gasteiger charge is -2.16. The van der Waals surface area contributed by atoms with Gasteiger partial charge in [0.25, 0.3) is 0 Å². The Morgan fingerprint density at radius 3 is 2.84 bits per heavy atom. The van der Waals surface area contributed by atoms with E-state index in [1.54, 1.807) is 42.6 Å². The van der Waals surface area contributed by atoms with E-state index in [0.717, 1.165) is 4.47 Å². The van der Waals surface area contributed by atoms with Gasteiger partial charge in [0.2, 0.25) is 5.91 Å². The van der Waals surface area contributed by atoms with Gasteiger partial charge in [-0.05, 0) is 53.2 Å². The summed E-state index contributed by atoms with van der Waals surface area (Å²) in [5, 5.41) is 12.7. The van der Waals surface area contributed by atoms with Crippen molar-refractivity contribution in [2.75, 3.05) is 11.1 Å². The summed E-state index contributed by atoms with van der Waals surface area (Å²) in [6.45, 7) is 6.09. The molecule has 1 unspecified atom stereocenters. The van der Waals surface area contributed by atoms with Crippen LogP contribution in [0.1, 0.15) is 18.9 Å². The van der Waals surface area contributed by atoms with Crippen LogP contribution in [0.2, 0.25) is 10.0 Å². The van der Waals surface area contributed by atoms with Crippen LogP contribution in [0.3, 0.4) is 0 Å².